The largest absolute Gasteiger partial charge is 0.486 e. The van der Waals surface area contributed by atoms with Crippen LogP contribution in [0.15, 0.2) is 42.5 Å². The Morgan fingerprint density at radius 3 is 2.04 bits per heavy atom. The van der Waals surface area contributed by atoms with Gasteiger partial charge in [0.25, 0.3) is 0 Å². The molecule has 138 valence electrons. The van der Waals surface area contributed by atoms with Crippen LogP contribution in [-0.4, -0.2) is 23.2 Å². The number of anilines is 4. The van der Waals surface area contributed by atoms with Gasteiger partial charge in [0.2, 0.25) is 0 Å². The van der Waals surface area contributed by atoms with Crippen molar-refractivity contribution in [3.8, 4) is 11.5 Å². The van der Waals surface area contributed by atoms with Crippen LogP contribution >= 0.6 is 0 Å². The van der Waals surface area contributed by atoms with Crippen LogP contribution in [0, 0.1) is 20.8 Å². The molecule has 6 heteroatoms. The summed E-state index contributed by atoms with van der Waals surface area (Å²) in [5.41, 5.74) is 4.39. The SMILES string of the molecule is Cc1nc(Nc2ccc(C)c(C)c2)cc(Nc2ccc3c(c2)OCCO3)n1. The molecule has 0 aliphatic carbocycles. The van der Waals surface area contributed by atoms with Crippen molar-refractivity contribution in [1.29, 1.82) is 0 Å². The first-order chi connectivity index (χ1) is 13.1. The van der Waals surface area contributed by atoms with Crippen molar-refractivity contribution in [2.45, 2.75) is 20.8 Å². The van der Waals surface area contributed by atoms with Crippen molar-refractivity contribution in [2.24, 2.45) is 0 Å². The molecule has 0 spiro atoms. The molecule has 0 bridgehead atoms. The fraction of sp³-hybridized carbons (Fsp3) is 0.238. The molecule has 4 rings (SSSR count). The van der Waals surface area contributed by atoms with E-state index < -0.39 is 0 Å². The third-order valence-electron chi connectivity index (χ3n) is 4.43. The first-order valence-electron chi connectivity index (χ1n) is 8.93. The normalized spacial score (nSPS) is 12.6. The second-order valence-electron chi connectivity index (χ2n) is 6.59. The average Bonchev–Trinajstić information content (AvgIpc) is 2.64. The summed E-state index contributed by atoms with van der Waals surface area (Å²) in [6.45, 7) is 7.22. The number of fused-ring (bicyclic) bond motifs is 1. The van der Waals surface area contributed by atoms with Gasteiger partial charge in [0.05, 0.1) is 0 Å². The lowest BCUT2D eigenvalue weighted by Crippen LogP contribution is -2.15. The zero-order chi connectivity index (χ0) is 18.8. The van der Waals surface area contributed by atoms with Crippen LogP contribution in [-0.2, 0) is 0 Å². The Morgan fingerprint density at radius 2 is 1.33 bits per heavy atom. The van der Waals surface area contributed by atoms with Crippen molar-refractivity contribution in [2.75, 3.05) is 23.8 Å². The lowest BCUT2D eigenvalue weighted by molar-refractivity contribution is 0.171. The van der Waals surface area contributed by atoms with E-state index in [1.165, 1.54) is 11.1 Å². The molecule has 0 atom stereocenters. The smallest absolute Gasteiger partial charge is 0.163 e. The molecule has 0 fully saturated rings. The van der Waals surface area contributed by atoms with E-state index >= 15 is 0 Å². The topological polar surface area (TPSA) is 68.3 Å². The third-order valence-corrected chi connectivity index (χ3v) is 4.43. The van der Waals surface area contributed by atoms with Gasteiger partial charge in [0.15, 0.2) is 11.5 Å². The quantitative estimate of drug-likeness (QED) is 0.703. The van der Waals surface area contributed by atoms with E-state index in [9.17, 15) is 0 Å². The number of nitrogens with one attached hydrogen (secondary N) is 2. The van der Waals surface area contributed by atoms with Crippen molar-refractivity contribution < 1.29 is 9.47 Å². The molecule has 1 aliphatic heterocycles. The summed E-state index contributed by atoms with van der Waals surface area (Å²) in [4.78, 5) is 8.97. The fourth-order valence-corrected chi connectivity index (χ4v) is 2.93. The third kappa shape index (κ3) is 3.95. The maximum atomic E-state index is 5.64. The molecular formula is C21H22N4O2. The Balaban J connectivity index is 1.56. The molecule has 0 amide bonds. The van der Waals surface area contributed by atoms with Gasteiger partial charge in [-0.05, 0) is 56.2 Å². The molecule has 0 saturated heterocycles. The maximum absolute atomic E-state index is 5.64. The highest BCUT2D eigenvalue weighted by atomic mass is 16.6. The number of aryl methyl sites for hydroxylation is 3. The Hall–Kier alpha value is -3.28. The second-order valence-corrected chi connectivity index (χ2v) is 6.59. The van der Waals surface area contributed by atoms with E-state index in [2.05, 4.69) is 46.6 Å². The maximum Gasteiger partial charge on any atom is 0.163 e. The van der Waals surface area contributed by atoms with Gasteiger partial charge < -0.3 is 20.1 Å². The number of ether oxygens (including phenoxy) is 2. The van der Waals surface area contributed by atoms with E-state index in [4.69, 9.17) is 9.47 Å². The van der Waals surface area contributed by atoms with Crippen molar-refractivity contribution >= 4 is 23.0 Å². The van der Waals surface area contributed by atoms with Crippen LogP contribution in [0.3, 0.4) is 0 Å². The molecule has 2 aromatic carbocycles. The first kappa shape index (κ1) is 17.1. The first-order valence-corrected chi connectivity index (χ1v) is 8.93. The summed E-state index contributed by atoms with van der Waals surface area (Å²) in [7, 11) is 0. The van der Waals surface area contributed by atoms with Gasteiger partial charge >= 0.3 is 0 Å². The minimum Gasteiger partial charge on any atom is -0.486 e. The van der Waals surface area contributed by atoms with Gasteiger partial charge in [0, 0.05) is 23.5 Å². The molecule has 6 nitrogen and oxygen atoms in total. The lowest BCUT2D eigenvalue weighted by atomic mass is 10.1. The van der Waals surface area contributed by atoms with Crippen LogP contribution < -0.4 is 20.1 Å². The van der Waals surface area contributed by atoms with Gasteiger partial charge in [-0.1, -0.05) is 6.07 Å². The second kappa shape index (κ2) is 7.15. The van der Waals surface area contributed by atoms with Gasteiger partial charge in [0.1, 0.15) is 30.7 Å². The number of hydrogen-bond acceptors (Lipinski definition) is 6. The molecule has 1 aliphatic rings. The van der Waals surface area contributed by atoms with Crippen LogP contribution in [0.5, 0.6) is 11.5 Å². The number of rotatable bonds is 4. The fourth-order valence-electron chi connectivity index (χ4n) is 2.93. The van der Waals surface area contributed by atoms with Crippen LogP contribution in [0.25, 0.3) is 0 Å². The van der Waals surface area contributed by atoms with Gasteiger partial charge in [-0.25, -0.2) is 9.97 Å². The zero-order valence-corrected chi connectivity index (χ0v) is 15.7. The molecule has 0 unspecified atom stereocenters. The van der Waals surface area contributed by atoms with E-state index in [0.29, 0.717) is 24.9 Å². The van der Waals surface area contributed by atoms with Crippen molar-refractivity contribution in [3.05, 3.63) is 59.4 Å². The molecule has 2 heterocycles. The Morgan fingerprint density at radius 1 is 0.704 bits per heavy atom. The lowest BCUT2D eigenvalue weighted by Gasteiger charge is -2.19. The van der Waals surface area contributed by atoms with E-state index in [-0.39, 0.29) is 0 Å². The summed E-state index contributed by atoms with van der Waals surface area (Å²) in [5, 5.41) is 6.67. The molecule has 2 N–H and O–H groups in total. The predicted octanol–water partition coefficient (Wildman–Crippen LogP) is 4.66. The van der Waals surface area contributed by atoms with Gasteiger partial charge in [-0.3, -0.25) is 0 Å². The zero-order valence-electron chi connectivity index (χ0n) is 15.7. The van der Waals surface area contributed by atoms with Crippen molar-refractivity contribution in [1.82, 2.24) is 9.97 Å². The van der Waals surface area contributed by atoms with E-state index in [1.54, 1.807) is 0 Å². The molecule has 0 radical (unpaired) electrons. The summed E-state index contributed by atoms with van der Waals surface area (Å²) in [6.07, 6.45) is 0. The molecule has 27 heavy (non-hydrogen) atoms. The summed E-state index contributed by atoms with van der Waals surface area (Å²) >= 11 is 0. The Kier molecular flexibility index (Phi) is 4.54. The highest BCUT2D eigenvalue weighted by Crippen LogP contribution is 2.33. The summed E-state index contributed by atoms with van der Waals surface area (Å²) in [6, 6.07) is 13.9. The summed E-state index contributed by atoms with van der Waals surface area (Å²) in [5.74, 6) is 3.65. The number of aromatic nitrogens is 2. The molecule has 3 aromatic rings. The standard InChI is InChI=1S/C21H22N4O2/c1-13-4-5-16(10-14(13)2)24-20-12-21(23-15(3)22-20)25-17-6-7-18-19(11-17)27-9-8-26-18/h4-7,10-12H,8-9H2,1-3H3,(H2,22,23,24,25). The minimum absolute atomic E-state index is 0.563. The molecule has 0 saturated carbocycles. The highest BCUT2D eigenvalue weighted by Gasteiger charge is 2.12. The van der Waals surface area contributed by atoms with Crippen LogP contribution in [0.1, 0.15) is 17.0 Å². The minimum atomic E-state index is 0.563. The van der Waals surface area contributed by atoms with Gasteiger partial charge in [-0.2, -0.15) is 0 Å². The van der Waals surface area contributed by atoms with Crippen molar-refractivity contribution in [3.63, 3.8) is 0 Å². The van der Waals surface area contributed by atoms with Crippen LogP contribution in [0.2, 0.25) is 0 Å². The van der Waals surface area contributed by atoms with E-state index in [1.807, 2.05) is 37.3 Å². The summed E-state index contributed by atoms with van der Waals surface area (Å²) < 4.78 is 11.2. The number of benzene rings is 2. The molecular weight excluding hydrogens is 340 g/mol. The Labute approximate surface area is 158 Å². The van der Waals surface area contributed by atoms with E-state index in [0.717, 1.165) is 28.7 Å². The Bertz CT molecular complexity index is 988. The molecule has 1 aromatic heterocycles. The monoisotopic (exact) mass is 362 g/mol. The van der Waals surface area contributed by atoms with Crippen LogP contribution in [0.4, 0.5) is 23.0 Å². The predicted molar refractivity (Wildman–Crippen MR) is 107 cm³/mol. The number of hydrogen-bond donors (Lipinski definition) is 2. The average molecular weight is 362 g/mol. The van der Waals surface area contributed by atoms with Gasteiger partial charge in [-0.15, -0.1) is 0 Å². The number of nitrogens with zero attached hydrogens (tertiary/aromatic N) is 2. The highest BCUT2D eigenvalue weighted by molar-refractivity contribution is 5.66.